The summed E-state index contributed by atoms with van der Waals surface area (Å²) in [5, 5.41) is 0.692. The first-order chi connectivity index (χ1) is 8.22. The van der Waals surface area contributed by atoms with E-state index in [-0.39, 0.29) is 6.04 Å². The molecule has 4 heteroatoms. The first-order valence-electron chi connectivity index (χ1n) is 5.18. The van der Waals surface area contributed by atoms with Gasteiger partial charge in [-0.2, -0.15) is 0 Å². The predicted octanol–water partition coefficient (Wildman–Crippen LogP) is 3.66. The average molecular weight is 312 g/mol. The molecule has 88 valence electrons. The lowest BCUT2D eigenvalue weighted by atomic mass is 9.99. The smallest absolute Gasteiger partial charge is 0.0710 e. The Kier molecular flexibility index (Phi) is 4.18. The molecule has 0 radical (unpaired) electrons. The summed E-state index contributed by atoms with van der Waals surface area (Å²) in [6.07, 6.45) is 0. The summed E-state index contributed by atoms with van der Waals surface area (Å²) in [6, 6.07) is 15.8. The molecule has 0 aliphatic carbocycles. The lowest BCUT2D eigenvalue weighted by Crippen LogP contribution is -2.28. The third kappa shape index (κ3) is 2.87. The van der Waals surface area contributed by atoms with Crippen molar-refractivity contribution in [3.8, 4) is 0 Å². The van der Waals surface area contributed by atoms with Crippen LogP contribution in [0.15, 0.2) is 53.0 Å². The Balaban J connectivity index is 2.39. The van der Waals surface area contributed by atoms with E-state index in [1.54, 1.807) is 0 Å². The number of rotatable bonds is 3. The van der Waals surface area contributed by atoms with E-state index in [0.717, 1.165) is 15.6 Å². The van der Waals surface area contributed by atoms with Gasteiger partial charge in [0.1, 0.15) is 0 Å². The van der Waals surface area contributed by atoms with Gasteiger partial charge in [0.25, 0.3) is 0 Å². The molecule has 0 fully saturated rings. The Morgan fingerprint density at radius 1 is 1.06 bits per heavy atom. The molecule has 0 aliphatic heterocycles. The number of nitrogens with one attached hydrogen (secondary N) is 1. The minimum atomic E-state index is -0.0373. The Hall–Kier alpha value is -0.870. The molecule has 0 heterocycles. The predicted molar refractivity (Wildman–Crippen MR) is 74.8 cm³/mol. The minimum absolute atomic E-state index is 0.0373. The van der Waals surface area contributed by atoms with Gasteiger partial charge in [-0.25, -0.2) is 5.43 Å². The van der Waals surface area contributed by atoms with Crippen molar-refractivity contribution in [3.63, 3.8) is 0 Å². The highest BCUT2D eigenvalue weighted by Crippen LogP contribution is 2.28. The van der Waals surface area contributed by atoms with Gasteiger partial charge in [0, 0.05) is 4.47 Å². The van der Waals surface area contributed by atoms with E-state index in [0.29, 0.717) is 5.02 Å². The molecule has 1 atom stereocenters. The van der Waals surface area contributed by atoms with Crippen LogP contribution in [0.4, 0.5) is 0 Å². The Bertz CT molecular complexity index is 502. The fraction of sp³-hybridized carbons (Fsp3) is 0.0769. The monoisotopic (exact) mass is 310 g/mol. The SMILES string of the molecule is NNC(c1ccccc1)c1ccc(Cl)c(Br)c1. The molecular weight excluding hydrogens is 300 g/mol. The summed E-state index contributed by atoms with van der Waals surface area (Å²) < 4.78 is 0.868. The summed E-state index contributed by atoms with van der Waals surface area (Å²) in [4.78, 5) is 0. The quantitative estimate of drug-likeness (QED) is 0.670. The zero-order chi connectivity index (χ0) is 12.3. The van der Waals surface area contributed by atoms with Crippen LogP contribution in [-0.4, -0.2) is 0 Å². The highest BCUT2D eigenvalue weighted by atomic mass is 79.9. The van der Waals surface area contributed by atoms with E-state index in [1.807, 2.05) is 48.5 Å². The summed E-state index contributed by atoms with van der Waals surface area (Å²) in [7, 11) is 0. The van der Waals surface area contributed by atoms with Crippen molar-refractivity contribution in [2.75, 3.05) is 0 Å². The van der Waals surface area contributed by atoms with E-state index in [1.165, 1.54) is 0 Å². The first-order valence-corrected chi connectivity index (χ1v) is 6.35. The number of nitrogens with two attached hydrogens (primary N) is 1. The molecule has 2 aromatic rings. The van der Waals surface area contributed by atoms with Crippen molar-refractivity contribution in [1.82, 2.24) is 5.43 Å². The number of hydrazine groups is 1. The van der Waals surface area contributed by atoms with Gasteiger partial charge in [-0.3, -0.25) is 5.84 Å². The number of benzene rings is 2. The number of hydrogen-bond acceptors (Lipinski definition) is 2. The standard InChI is InChI=1S/C13H12BrClN2/c14-11-8-10(6-7-12(11)15)13(17-16)9-4-2-1-3-5-9/h1-8,13,17H,16H2. The third-order valence-electron chi connectivity index (χ3n) is 2.58. The van der Waals surface area contributed by atoms with Crippen molar-refractivity contribution in [3.05, 3.63) is 69.2 Å². The lowest BCUT2D eigenvalue weighted by molar-refractivity contribution is 0.636. The molecule has 0 aromatic heterocycles. The molecule has 0 saturated carbocycles. The first kappa shape index (κ1) is 12.6. The van der Waals surface area contributed by atoms with Gasteiger partial charge in [0.15, 0.2) is 0 Å². The topological polar surface area (TPSA) is 38.0 Å². The van der Waals surface area contributed by atoms with Gasteiger partial charge in [0.2, 0.25) is 0 Å². The number of halogens is 2. The van der Waals surface area contributed by atoms with E-state index in [4.69, 9.17) is 17.4 Å². The highest BCUT2D eigenvalue weighted by Gasteiger charge is 2.12. The fourth-order valence-corrected chi connectivity index (χ4v) is 2.24. The summed E-state index contributed by atoms with van der Waals surface area (Å²) in [6.45, 7) is 0. The van der Waals surface area contributed by atoms with Crippen LogP contribution in [0.3, 0.4) is 0 Å². The summed E-state index contributed by atoms with van der Waals surface area (Å²) in [5.74, 6) is 5.63. The van der Waals surface area contributed by atoms with Crippen LogP contribution in [0.2, 0.25) is 5.02 Å². The van der Waals surface area contributed by atoms with Gasteiger partial charge >= 0.3 is 0 Å². The zero-order valence-electron chi connectivity index (χ0n) is 9.03. The van der Waals surface area contributed by atoms with Crippen LogP contribution in [0, 0.1) is 0 Å². The molecule has 2 nitrogen and oxygen atoms in total. The Morgan fingerprint density at radius 3 is 2.35 bits per heavy atom. The number of hydrogen-bond donors (Lipinski definition) is 2. The average Bonchev–Trinajstić information content (AvgIpc) is 2.36. The Labute approximate surface area is 114 Å². The molecular formula is C13H12BrClN2. The summed E-state index contributed by atoms with van der Waals surface area (Å²) >= 11 is 9.39. The van der Waals surface area contributed by atoms with E-state index in [9.17, 15) is 0 Å². The highest BCUT2D eigenvalue weighted by molar-refractivity contribution is 9.10. The second-order valence-corrected chi connectivity index (χ2v) is 4.95. The van der Waals surface area contributed by atoms with Crippen LogP contribution >= 0.6 is 27.5 Å². The van der Waals surface area contributed by atoms with Crippen molar-refractivity contribution >= 4 is 27.5 Å². The molecule has 0 saturated heterocycles. The lowest BCUT2D eigenvalue weighted by Gasteiger charge is -2.17. The van der Waals surface area contributed by atoms with Gasteiger partial charge in [-0.05, 0) is 39.2 Å². The van der Waals surface area contributed by atoms with Crippen LogP contribution in [0.1, 0.15) is 17.2 Å². The van der Waals surface area contributed by atoms with E-state index in [2.05, 4.69) is 21.4 Å². The molecule has 0 amide bonds. The maximum absolute atomic E-state index is 5.98. The van der Waals surface area contributed by atoms with Crippen molar-refractivity contribution in [2.45, 2.75) is 6.04 Å². The fourth-order valence-electron chi connectivity index (χ4n) is 1.72. The van der Waals surface area contributed by atoms with Gasteiger partial charge in [0.05, 0.1) is 11.1 Å². The summed E-state index contributed by atoms with van der Waals surface area (Å²) in [5.41, 5.74) is 5.00. The maximum atomic E-state index is 5.98. The van der Waals surface area contributed by atoms with Gasteiger partial charge < -0.3 is 0 Å². The van der Waals surface area contributed by atoms with Crippen molar-refractivity contribution < 1.29 is 0 Å². The molecule has 0 spiro atoms. The molecule has 0 bridgehead atoms. The zero-order valence-corrected chi connectivity index (χ0v) is 11.4. The molecule has 0 aliphatic rings. The van der Waals surface area contributed by atoms with Gasteiger partial charge in [-0.15, -0.1) is 0 Å². The van der Waals surface area contributed by atoms with E-state index < -0.39 is 0 Å². The molecule has 1 unspecified atom stereocenters. The van der Waals surface area contributed by atoms with Gasteiger partial charge in [-0.1, -0.05) is 48.0 Å². The van der Waals surface area contributed by atoms with Crippen LogP contribution < -0.4 is 11.3 Å². The molecule has 2 aromatic carbocycles. The molecule has 2 rings (SSSR count). The normalized spacial score (nSPS) is 12.4. The second kappa shape index (κ2) is 5.65. The minimum Gasteiger partial charge on any atom is -0.271 e. The largest absolute Gasteiger partial charge is 0.271 e. The molecule has 3 N–H and O–H groups in total. The van der Waals surface area contributed by atoms with Crippen molar-refractivity contribution in [1.29, 1.82) is 0 Å². The van der Waals surface area contributed by atoms with E-state index >= 15 is 0 Å². The molecule has 17 heavy (non-hydrogen) atoms. The second-order valence-electron chi connectivity index (χ2n) is 3.68. The maximum Gasteiger partial charge on any atom is 0.0710 e. The van der Waals surface area contributed by atoms with Crippen molar-refractivity contribution in [2.24, 2.45) is 5.84 Å². The van der Waals surface area contributed by atoms with Crippen LogP contribution in [0.25, 0.3) is 0 Å². The third-order valence-corrected chi connectivity index (χ3v) is 3.79. The Morgan fingerprint density at radius 2 is 1.76 bits per heavy atom. The van der Waals surface area contributed by atoms with Crippen LogP contribution in [-0.2, 0) is 0 Å². The van der Waals surface area contributed by atoms with Crippen LogP contribution in [0.5, 0.6) is 0 Å².